The highest BCUT2D eigenvalue weighted by Crippen LogP contribution is 2.29. The fourth-order valence-electron chi connectivity index (χ4n) is 0.948. The summed E-state index contributed by atoms with van der Waals surface area (Å²) in [6, 6.07) is 1.17. The number of nitrogens with zero attached hydrogens (tertiary/aromatic N) is 3. The molecule has 0 saturated heterocycles. The third-order valence-electron chi connectivity index (χ3n) is 1.57. The molecule has 0 amide bonds. The Balaban J connectivity index is 3.56. The zero-order valence-corrected chi connectivity index (χ0v) is 6.95. The minimum atomic E-state index is -3.33. The van der Waals surface area contributed by atoms with Crippen molar-refractivity contribution in [2.75, 3.05) is 0 Å². The standard InChI is InChI=1S/C7H2F3N3O2/c8-6(9)5-3(1-11)4(13(14)15)2-12-7(5)10/h2,6H. The Morgan fingerprint density at radius 3 is 2.60 bits per heavy atom. The van der Waals surface area contributed by atoms with Gasteiger partial charge in [0.1, 0.15) is 17.8 Å². The summed E-state index contributed by atoms with van der Waals surface area (Å²) in [5.74, 6) is -1.58. The van der Waals surface area contributed by atoms with Crippen molar-refractivity contribution >= 4 is 5.69 Å². The first-order valence-corrected chi connectivity index (χ1v) is 3.50. The second-order valence-electron chi connectivity index (χ2n) is 2.39. The molecule has 0 aromatic carbocycles. The van der Waals surface area contributed by atoms with Crippen LogP contribution < -0.4 is 0 Å². The third kappa shape index (κ3) is 1.85. The molecule has 1 aromatic rings. The van der Waals surface area contributed by atoms with E-state index in [-0.39, 0.29) is 0 Å². The Labute approximate surface area is 80.9 Å². The minimum absolute atomic E-state index is 0.430. The molecule has 0 aliphatic rings. The molecule has 5 nitrogen and oxygen atoms in total. The van der Waals surface area contributed by atoms with Gasteiger partial charge in [0.05, 0.1) is 10.5 Å². The number of nitro groups is 1. The van der Waals surface area contributed by atoms with Crippen LogP contribution in [-0.4, -0.2) is 9.91 Å². The smallest absolute Gasteiger partial charge is 0.258 e. The van der Waals surface area contributed by atoms with E-state index in [2.05, 4.69) is 4.98 Å². The number of hydrogen-bond acceptors (Lipinski definition) is 4. The van der Waals surface area contributed by atoms with Crippen LogP contribution in [0.1, 0.15) is 17.6 Å². The Kier molecular flexibility index (Phi) is 2.85. The van der Waals surface area contributed by atoms with Crippen molar-refractivity contribution in [2.45, 2.75) is 6.43 Å². The molecule has 0 aliphatic heterocycles. The van der Waals surface area contributed by atoms with Gasteiger partial charge in [0, 0.05) is 0 Å². The lowest BCUT2D eigenvalue weighted by Gasteiger charge is -2.03. The van der Waals surface area contributed by atoms with Crippen LogP contribution in [0.25, 0.3) is 0 Å². The zero-order valence-electron chi connectivity index (χ0n) is 6.95. The molecule has 0 radical (unpaired) electrons. The molecule has 0 fully saturated rings. The van der Waals surface area contributed by atoms with E-state index in [1.54, 1.807) is 0 Å². The van der Waals surface area contributed by atoms with Crippen molar-refractivity contribution in [3.63, 3.8) is 0 Å². The predicted octanol–water partition coefficient (Wildman–Crippen LogP) is 1.94. The topological polar surface area (TPSA) is 79.8 Å². The van der Waals surface area contributed by atoms with Gasteiger partial charge in [-0.25, -0.2) is 13.8 Å². The number of rotatable bonds is 2. The predicted molar refractivity (Wildman–Crippen MR) is 40.5 cm³/mol. The summed E-state index contributed by atoms with van der Waals surface area (Å²) in [6.45, 7) is 0. The van der Waals surface area contributed by atoms with Crippen molar-refractivity contribution in [3.05, 3.63) is 33.4 Å². The average Bonchev–Trinajstić information content (AvgIpc) is 2.15. The van der Waals surface area contributed by atoms with Gasteiger partial charge in [-0.2, -0.15) is 9.65 Å². The largest absolute Gasteiger partial charge is 0.305 e. The lowest BCUT2D eigenvalue weighted by Crippen LogP contribution is -2.03. The van der Waals surface area contributed by atoms with Crippen LogP contribution in [-0.2, 0) is 0 Å². The summed E-state index contributed by atoms with van der Waals surface area (Å²) < 4.78 is 37.3. The van der Waals surface area contributed by atoms with Crippen molar-refractivity contribution < 1.29 is 18.1 Å². The highest BCUT2D eigenvalue weighted by atomic mass is 19.3. The van der Waals surface area contributed by atoms with Crippen LogP contribution in [0.3, 0.4) is 0 Å². The lowest BCUT2D eigenvalue weighted by molar-refractivity contribution is -0.385. The van der Waals surface area contributed by atoms with Gasteiger partial charge in [-0.3, -0.25) is 10.1 Å². The van der Waals surface area contributed by atoms with Crippen LogP contribution in [0.4, 0.5) is 18.9 Å². The van der Waals surface area contributed by atoms with Crippen molar-refractivity contribution in [3.8, 4) is 6.07 Å². The molecule has 0 N–H and O–H groups in total. The van der Waals surface area contributed by atoms with Gasteiger partial charge in [0.25, 0.3) is 6.43 Å². The molecule has 1 rings (SSSR count). The molecule has 1 aromatic heterocycles. The summed E-state index contributed by atoms with van der Waals surface area (Å²) in [4.78, 5) is 12.0. The molecule has 0 unspecified atom stereocenters. The molecule has 78 valence electrons. The van der Waals surface area contributed by atoms with Gasteiger partial charge in [-0.15, -0.1) is 0 Å². The summed E-state index contributed by atoms with van der Waals surface area (Å²) in [5, 5.41) is 18.8. The summed E-state index contributed by atoms with van der Waals surface area (Å²) in [6.07, 6.45) is -2.90. The molecule has 0 aliphatic carbocycles. The maximum Gasteiger partial charge on any atom is 0.305 e. The quantitative estimate of drug-likeness (QED) is 0.430. The summed E-state index contributed by atoms with van der Waals surface area (Å²) in [5.41, 5.74) is -3.27. The first-order valence-electron chi connectivity index (χ1n) is 3.50. The van der Waals surface area contributed by atoms with Gasteiger partial charge < -0.3 is 0 Å². The highest BCUT2D eigenvalue weighted by molar-refractivity contribution is 5.52. The molecule has 0 saturated carbocycles. The van der Waals surface area contributed by atoms with E-state index < -0.39 is 34.1 Å². The maximum atomic E-state index is 12.8. The van der Waals surface area contributed by atoms with E-state index >= 15 is 0 Å². The van der Waals surface area contributed by atoms with E-state index in [1.165, 1.54) is 6.07 Å². The van der Waals surface area contributed by atoms with Crippen LogP contribution >= 0.6 is 0 Å². The number of halogens is 3. The molecular formula is C7H2F3N3O2. The second-order valence-corrected chi connectivity index (χ2v) is 2.39. The van der Waals surface area contributed by atoms with E-state index in [0.717, 1.165) is 0 Å². The van der Waals surface area contributed by atoms with Crippen molar-refractivity contribution in [1.82, 2.24) is 4.98 Å². The van der Waals surface area contributed by atoms with Crippen LogP contribution in [0.5, 0.6) is 0 Å². The van der Waals surface area contributed by atoms with Crippen LogP contribution in [0.2, 0.25) is 0 Å². The van der Waals surface area contributed by atoms with Gasteiger partial charge in [-0.1, -0.05) is 0 Å². The average molecular weight is 217 g/mol. The Bertz CT molecular complexity index is 456. The van der Waals surface area contributed by atoms with Crippen molar-refractivity contribution in [1.29, 1.82) is 5.26 Å². The molecular weight excluding hydrogens is 215 g/mol. The number of hydrogen-bond donors (Lipinski definition) is 0. The van der Waals surface area contributed by atoms with Crippen LogP contribution in [0.15, 0.2) is 6.20 Å². The van der Waals surface area contributed by atoms with Crippen LogP contribution in [0, 0.1) is 27.4 Å². The van der Waals surface area contributed by atoms with Gasteiger partial charge in [0.2, 0.25) is 5.95 Å². The monoisotopic (exact) mass is 217 g/mol. The molecule has 0 bridgehead atoms. The van der Waals surface area contributed by atoms with E-state index in [1.807, 2.05) is 0 Å². The number of alkyl halides is 2. The zero-order chi connectivity index (χ0) is 11.6. The summed E-state index contributed by atoms with van der Waals surface area (Å²) in [7, 11) is 0. The number of aromatic nitrogens is 1. The Hall–Kier alpha value is -2.17. The second kappa shape index (κ2) is 3.91. The third-order valence-corrected chi connectivity index (χ3v) is 1.57. The van der Waals surface area contributed by atoms with E-state index in [0.29, 0.717) is 6.20 Å². The molecule has 15 heavy (non-hydrogen) atoms. The Morgan fingerprint density at radius 1 is 1.60 bits per heavy atom. The van der Waals surface area contributed by atoms with Crippen molar-refractivity contribution in [2.24, 2.45) is 0 Å². The molecule has 8 heteroatoms. The highest BCUT2D eigenvalue weighted by Gasteiger charge is 2.27. The first-order chi connectivity index (χ1) is 6.99. The van der Waals surface area contributed by atoms with E-state index in [4.69, 9.17) is 5.26 Å². The van der Waals surface area contributed by atoms with Gasteiger partial charge >= 0.3 is 5.69 Å². The normalized spacial score (nSPS) is 10.1. The minimum Gasteiger partial charge on any atom is -0.258 e. The SMILES string of the molecule is N#Cc1c([N+](=O)[O-])cnc(F)c1C(F)F. The lowest BCUT2D eigenvalue weighted by atomic mass is 10.1. The maximum absolute atomic E-state index is 12.8. The number of nitriles is 1. The Morgan fingerprint density at radius 2 is 2.20 bits per heavy atom. The molecule has 0 spiro atoms. The molecule has 0 atom stereocenters. The number of pyridine rings is 1. The van der Waals surface area contributed by atoms with Gasteiger partial charge in [0.15, 0.2) is 0 Å². The molecule has 1 heterocycles. The fraction of sp³-hybridized carbons (Fsp3) is 0.143. The van der Waals surface area contributed by atoms with E-state index in [9.17, 15) is 23.3 Å². The van der Waals surface area contributed by atoms with Gasteiger partial charge in [-0.05, 0) is 0 Å². The first kappa shape index (κ1) is 10.9. The summed E-state index contributed by atoms with van der Waals surface area (Å²) >= 11 is 0. The fourth-order valence-corrected chi connectivity index (χ4v) is 0.948.